The molecule has 1 amide bonds. The van der Waals surface area contributed by atoms with E-state index in [0.717, 1.165) is 19.5 Å². The molecule has 0 saturated carbocycles. The molecular formula is C13H24N2O3. The predicted molar refractivity (Wildman–Crippen MR) is 69.2 cm³/mol. The summed E-state index contributed by atoms with van der Waals surface area (Å²) in [6.45, 7) is 7.68. The Kier molecular flexibility index (Phi) is 5.14. The third-order valence-electron chi connectivity index (χ3n) is 3.40. The number of amides is 1. The Morgan fingerprint density at radius 1 is 1.44 bits per heavy atom. The van der Waals surface area contributed by atoms with Gasteiger partial charge in [-0.25, -0.2) is 0 Å². The lowest BCUT2D eigenvalue weighted by Crippen LogP contribution is -2.45. The van der Waals surface area contributed by atoms with Crippen LogP contribution in [0.3, 0.4) is 0 Å². The molecule has 1 saturated heterocycles. The molecule has 1 aliphatic rings. The molecule has 1 heterocycles. The highest BCUT2D eigenvalue weighted by atomic mass is 16.4. The smallest absolute Gasteiger partial charge is 0.305 e. The highest BCUT2D eigenvalue weighted by molar-refractivity contribution is 5.77. The lowest BCUT2D eigenvalue weighted by atomic mass is 9.84. The van der Waals surface area contributed by atoms with Crippen molar-refractivity contribution in [2.45, 2.75) is 46.1 Å². The molecule has 2 unspecified atom stereocenters. The number of carboxylic acid groups (broad SMARTS) is 1. The van der Waals surface area contributed by atoms with Crippen molar-refractivity contribution >= 4 is 11.9 Å². The summed E-state index contributed by atoms with van der Waals surface area (Å²) >= 11 is 0. The van der Waals surface area contributed by atoms with Crippen LogP contribution in [0, 0.1) is 11.3 Å². The Morgan fingerprint density at radius 2 is 2.11 bits per heavy atom. The van der Waals surface area contributed by atoms with Crippen molar-refractivity contribution in [3.8, 4) is 0 Å². The SMILES string of the molecule is CC(C)(C)C(CC(=O)O)NC(=O)CC1CCNC1. The van der Waals surface area contributed by atoms with Crippen LogP contribution < -0.4 is 10.6 Å². The van der Waals surface area contributed by atoms with Crippen molar-refractivity contribution in [1.29, 1.82) is 0 Å². The van der Waals surface area contributed by atoms with E-state index in [1.165, 1.54) is 0 Å². The summed E-state index contributed by atoms with van der Waals surface area (Å²) in [7, 11) is 0. The largest absolute Gasteiger partial charge is 0.481 e. The highest BCUT2D eigenvalue weighted by Gasteiger charge is 2.29. The molecule has 0 aromatic heterocycles. The minimum atomic E-state index is -0.877. The minimum Gasteiger partial charge on any atom is -0.481 e. The van der Waals surface area contributed by atoms with E-state index in [0.29, 0.717) is 12.3 Å². The third-order valence-corrected chi connectivity index (χ3v) is 3.40. The van der Waals surface area contributed by atoms with E-state index in [2.05, 4.69) is 10.6 Å². The molecule has 0 radical (unpaired) electrons. The van der Waals surface area contributed by atoms with Gasteiger partial charge in [-0.3, -0.25) is 9.59 Å². The molecule has 2 atom stereocenters. The van der Waals surface area contributed by atoms with Gasteiger partial charge >= 0.3 is 5.97 Å². The van der Waals surface area contributed by atoms with Gasteiger partial charge in [-0.05, 0) is 30.8 Å². The summed E-state index contributed by atoms with van der Waals surface area (Å²) in [6, 6.07) is -0.322. The van der Waals surface area contributed by atoms with Crippen molar-refractivity contribution in [1.82, 2.24) is 10.6 Å². The highest BCUT2D eigenvalue weighted by Crippen LogP contribution is 2.22. The summed E-state index contributed by atoms with van der Waals surface area (Å²) in [5, 5.41) is 15.0. The Balaban J connectivity index is 2.48. The molecule has 104 valence electrons. The van der Waals surface area contributed by atoms with E-state index in [1.807, 2.05) is 20.8 Å². The van der Waals surface area contributed by atoms with Crippen molar-refractivity contribution < 1.29 is 14.7 Å². The van der Waals surface area contributed by atoms with Crippen molar-refractivity contribution in [2.24, 2.45) is 11.3 Å². The number of hydrogen-bond acceptors (Lipinski definition) is 3. The van der Waals surface area contributed by atoms with Crippen LogP contribution in [-0.4, -0.2) is 36.1 Å². The maximum atomic E-state index is 11.9. The first kappa shape index (κ1) is 15.0. The van der Waals surface area contributed by atoms with Gasteiger partial charge in [0, 0.05) is 12.5 Å². The van der Waals surface area contributed by atoms with E-state index in [4.69, 9.17) is 5.11 Å². The normalized spacial score (nSPS) is 21.6. The summed E-state index contributed by atoms with van der Waals surface area (Å²) in [5.74, 6) is -0.530. The predicted octanol–water partition coefficient (Wildman–Crippen LogP) is 0.992. The van der Waals surface area contributed by atoms with E-state index >= 15 is 0 Å². The van der Waals surface area contributed by atoms with Crippen molar-refractivity contribution in [3.63, 3.8) is 0 Å². The van der Waals surface area contributed by atoms with Gasteiger partial charge in [-0.15, -0.1) is 0 Å². The number of aliphatic carboxylic acids is 1. The second-order valence-corrected chi connectivity index (χ2v) is 6.15. The van der Waals surface area contributed by atoms with E-state index in [9.17, 15) is 9.59 Å². The van der Waals surface area contributed by atoms with Crippen LogP contribution in [0.25, 0.3) is 0 Å². The Hall–Kier alpha value is -1.10. The maximum absolute atomic E-state index is 11.9. The van der Waals surface area contributed by atoms with Crippen molar-refractivity contribution in [2.75, 3.05) is 13.1 Å². The summed E-state index contributed by atoms with van der Waals surface area (Å²) in [6.07, 6.45) is 1.48. The molecule has 0 aliphatic carbocycles. The number of hydrogen-bond donors (Lipinski definition) is 3. The van der Waals surface area contributed by atoms with Crippen LogP contribution in [0.4, 0.5) is 0 Å². The fourth-order valence-electron chi connectivity index (χ4n) is 2.15. The third kappa shape index (κ3) is 5.04. The maximum Gasteiger partial charge on any atom is 0.305 e. The Morgan fingerprint density at radius 3 is 2.56 bits per heavy atom. The minimum absolute atomic E-state index is 0.0296. The zero-order valence-electron chi connectivity index (χ0n) is 11.5. The lowest BCUT2D eigenvalue weighted by molar-refractivity contribution is -0.138. The zero-order chi connectivity index (χ0) is 13.8. The van der Waals surface area contributed by atoms with Crippen LogP contribution in [0.15, 0.2) is 0 Å². The summed E-state index contributed by atoms with van der Waals surface area (Å²) in [5.41, 5.74) is -0.248. The van der Waals surface area contributed by atoms with Gasteiger partial charge in [-0.2, -0.15) is 0 Å². The monoisotopic (exact) mass is 256 g/mol. The fraction of sp³-hybridized carbons (Fsp3) is 0.846. The van der Waals surface area contributed by atoms with Gasteiger partial charge in [0.25, 0.3) is 0 Å². The molecule has 1 rings (SSSR count). The second kappa shape index (κ2) is 6.18. The number of carboxylic acids is 1. The van der Waals surface area contributed by atoms with Crippen LogP contribution in [0.2, 0.25) is 0 Å². The number of rotatable bonds is 5. The molecular weight excluding hydrogens is 232 g/mol. The summed E-state index contributed by atoms with van der Waals surface area (Å²) in [4.78, 5) is 22.7. The Labute approximate surface area is 108 Å². The molecule has 0 bridgehead atoms. The number of carbonyl (C=O) groups excluding carboxylic acids is 1. The molecule has 3 N–H and O–H groups in total. The lowest BCUT2D eigenvalue weighted by Gasteiger charge is -2.30. The fourth-order valence-corrected chi connectivity index (χ4v) is 2.15. The standard InChI is InChI=1S/C13H24N2O3/c1-13(2,3)10(7-12(17)18)15-11(16)6-9-4-5-14-8-9/h9-10,14H,4-8H2,1-3H3,(H,15,16)(H,17,18). The van der Waals surface area contributed by atoms with Crippen LogP contribution in [0.1, 0.15) is 40.0 Å². The van der Waals surface area contributed by atoms with Crippen LogP contribution in [-0.2, 0) is 9.59 Å². The van der Waals surface area contributed by atoms with Crippen LogP contribution >= 0.6 is 0 Å². The molecule has 5 heteroatoms. The molecule has 1 fully saturated rings. The molecule has 0 aromatic carbocycles. The Bertz CT molecular complexity index is 304. The van der Waals surface area contributed by atoms with E-state index < -0.39 is 5.97 Å². The van der Waals surface area contributed by atoms with E-state index in [-0.39, 0.29) is 23.8 Å². The van der Waals surface area contributed by atoms with Gasteiger partial charge in [0.2, 0.25) is 5.91 Å². The zero-order valence-corrected chi connectivity index (χ0v) is 11.5. The molecule has 18 heavy (non-hydrogen) atoms. The van der Waals surface area contributed by atoms with E-state index in [1.54, 1.807) is 0 Å². The first-order chi connectivity index (χ1) is 8.29. The second-order valence-electron chi connectivity index (χ2n) is 6.15. The average Bonchev–Trinajstić information content (AvgIpc) is 2.67. The topological polar surface area (TPSA) is 78.4 Å². The molecule has 5 nitrogen and oxygen atoms in total. The average molecular weight is 256 g/mol. The van der Waals surface area contributed by atoms with Gasteiger partial charge in [-0.1, -0.05) is 20.8 Å². The van der Waals surface area contributed by atoms with Gasteiger partial charge in [0.15, 0.2) is 0 Å². The quantitative estimate of drug-likeness (QED) is 0.685. The number of nitrogens with one attached hydrogen (secondary N) is 2. The van der Waals surface area contributed by atoms with Gasteiger partial charge in [0.1, 0.15) is 0 Å². The molecule has 0 spiro atoms. The first-order valence-corrected chi connectivity index (χ1v) is 6.51. The van der Waals surface area contributed by atoms with Gasteiger partial charge < -0.3 is 15.7 Å². The van der Waals surface area contributed by atoms with Crippen LogP contribution in [0.5, 0.6) is 0 Å². The molecule has 0 aromatic rings. The number of carbonyl (C=O) groups is 2. The first-order valence-electron chi connectivity index (χ1n) is 6.51. The van der Waals surface area contributed by atoms with Crippen molar-refractivity contribution in [3.05, 3.63) is 0 Å². The van der Waals surface area contributed by atoms with Gasteiger partial charge in [0.05, 0.1) is 6.42 Å². The summed E-state index contributed by atoms with van der Waals surface area (Å²) < 4.78 is 0. The molecule has 1 aliphatic heterocycles.